The lowest BCUT2D eigenvalue weighted by Gasteiger charge is -2.37. The van der Waals surface area contributed by atoms with Gasteiger partial charge in [-0.3, -0.25) is 4.90 Å². The molecular formula is C15H24N2O. The molecule has 1 heterocycles. The van der Waals surface area contributed by atoms with Crippen LogP contribution >= 0.6 is 0 Å². The molecule has 3 nitrogen and oxygen atoms in total. The summed E-state index contributed by atoms with van der Waals surface area (Å²) in [4.78, 5) is 2.57. The van der Waals surface area contributed by atoms with Crippen molar-refractivity contribution in [3.63, 3.8) is 0 Å². The summed E-state index contributed by atoms with van der Waals surface area (Å²) in [6.07, 6.45) is 1.02. The minimum absolute atomic E-state index is 0.371. The molecule has 0 radical (unpaired) electrons. The maximum atomic E-state index is 9.55. The molecule has 0 spiro atoms. The van der Waals surface area contributed by atoms with Crippen LogP contribution in [0, 0.1) is 5.92 Å². The Morgan fingerprint density at radius 3 is 2.61 bits per heavy atom. The van der Waals surface area contributed by atoms with Gasteiger partial charge >= 0.3 is 0 Å². The minimum Gasteiger partial charge on any atom is -0.508 e. The van der Waals surface area contributed by atoms with Crippen molar-refractivity contribution in [2.45, 2.75) is 26.3 Å². The quantitative estimate of drug-likeness (QED) is 0.854. The molecule has 0 amide bonds. The summed E-state index contributed by atoms with van der Waals surface area (Å²) in [6, 6.07) is 8.22. The Hall–Kier alpha value is -1.06. The van der Waals surface area contributed by atoms with E-state index in [4.69, 9.17) is 0 Å². The lowest BCUT2D eigenvalue weighted by molar-refractivity contribution is 0.136. The minimum atomic E-state index is 0.371. The third-order valence-electron chi connectivity index (χ3n) is 3.75. The van der Waals surface area contributed by atoms with Gasteiger partial charge in [-0.2, -0.15) is 0 Å². The maximum Gasteiger partial charge on any atom is 0.115 e. The third kappa shape index (κ3) is 3.47. The molecule has 1 unspecified atom stereocenters. The number of phenols is 1. The molecule has 1 aromatic carbocycles. The normalized spacial score (nSPS) is 19.1. The highest BCUT2D eigenvalue weighted by molar-refractivity contribution is 5.27. The van der Waals surface area contributed by atoms with Crippen LogP contribution in [-0.4, -0.2) is 42.2 Å². The van der Waals surface area contributed by atoms with Crippen molar-refractivity contribution in [2.75, 3.05) is 26.2 Å². The zero-order valence-electron chi connectivity index (χ0n) is 11.4. The van der Waals surface area contributed by atoms with Gasteiger partial charge in [0.05, 0.1) is 0 Å². The number of aromatic hydroxyl groups is 1. The predicted molar refractivity (Wildman–Crippen MR) is 74.9 cm³/mol. The molecule has 1 aliphatic heterocycles. The molecule has 1 aliphatic rings. The van der Waals surface area contributed by atoms with E-state index in [2.05, 4.69) is 30.1 Å². The van der Waals surface area contributed by atoms with E-state index in [1.807, 2.05) is 12.1 Å². The van der Waals surface area contributed by atoms with Gasteiger partial charge in [-0.25, -0.2) is 0 Å². The fourth-order valence-electron chi connectivity index (χ4n) is 2.73. The molecule has 0 aliphatic carbocycles. The topological polar surface area (TPSA) is 35.5 Å². The molecule has 1 fully saturated rings. The van der Waals surface area contributed by atoms with E-state index < -0.39 is 0 Å². The smallest absolute Gasteiger partial charge is 0.115 e. The van der Waals surface area contributed by atoms with Gasteiger partial charge in [0.15, 0.2) is 0 Å². The van der Waals surface area contributed by atoms with Crippen LogP contribution in [0.25, 0.3) is 0 Å². The molecule has 0 aromatic heterocycles. The van der Waals surface area contributed by atoms with E-state index in [0.717, 1.165) is 32.6 Å². The fourth-order valence-corrected chi connectivity index (χ4v) is 2.73. The lowest BCUT2D eigenvalue weighted by Crippen LogP contribution is -2.50. The highest BCUT2D eigenvalue weighted by Crippen LogP contribution is 2.19. The molecule has 18 heavy (non-hydrogen) atoms. The fraction of sp³-hybridized carbons (Fsp3) is 0.600. The van der Waals surface area contributed by atoms with E-state index >= 15 is 0 Å². The van der Waals surface area contributed by atoms with Crippen LogP contribution in [0.4, 0.5) is 0 Å². The Morgan fingerprint density at radius 2 is 2.00 bits per heavy atom. The number of hydrogen-bond acceptors (Lipinski definition) is 3. The van der Waals surface area contributed by atoms with Gasteiger partial charge in [0, 0.05) is 32.2 Å². The van der Waals surface area contributed by atoms with Crippen molar-refractivity contribution in [2.24, 2.45) is 5.92 Å². The summed E-state index contributed by atoms with van der Waals surface area (Å²) < 4.78 is 0. The molecule has 100 valence electrons. The van der Waals surface area contributed by atoms with Gasteiger partial charge in [-0.15, -0.1) is 0 Å². The Morgan fingerprint density at radius 1 is 1.28 bits per heavy atom. The highest BCUT2D eigenvalue weighted by Gasteiger charge is 2.23. The van der Waals surface area contributed by atoms with Gasteiger partial charge in [0.25, 0.3) is 0 Å². The lowest BCUT2D eigenvalue weighted by atomic mass is 9.94. The summed E-state index contributed by atoms with van der Waals surface area (Å²) in [6.45, 7) is 9.00. The van der Waals surface area contributed by atoms with Gasteiger partial charge in [0.2, 0.25) is 0 Å². The van der Waals surface area contributed by atoms with Crippen LogP contribution in [-0.2, 0) is 6.42 Å². The van der Waals surface area contributed by atoms with Crippen molar-refractivity contribution in [3.05, 3.63) is 29.8 Å². The van der Waals surface area contributed by atoms with Crippen molar-refractivity contribution >= 4 is 0 Å². The van der Waals surface area contributed by atoms with E-state index in [1.54, 1.807) is 6.07 Å². The van der Waals surface area contributed by atoms with Gasteiger partial charge in [-0.1, -0.05) is 26.0 Å². The van der Waals surface area contributed by atoms with Gasteiger partial charge in [-0.05, 0) is 30.0 Å². The largest absolute Gasteiger partial charge is 0.508 e. The second kappa shape index (κ2) is 6.21. The van der Waals surface area contributed by atoms with Gasteiger partial charge in [0.1, 0.15) is 5.75 Å². The molecule has 2 N–H and O–H groups in total. The van der Waals surface area contributed by atoms with E-state index in [0.29, 0.717) is 17.7 Å². The Kier molecular flexibility index (Phi) is 4.61. The molecule has 1 atom stereocenters. The summed E-state index contributed by atoms with van der Waals surface area (Å²) in [5.41, 5.74) is 1.23. The van der Waals surface area contributed by atoms with E-state index in [-0.39, 0.29) is 0 Å². The average Bonchev–Trinajstić information content (AvgIpc) is 2.37. The Balaban J connectivity index is 2.05. The van der Waals surface area contributed by atoms with Crippen LogP contribution in [0.3, 0.4) is 0 Å². The monoisotopic (exact) mass is 248 g/mol. The molecule has 3 heteroatoms. The van der Waals surface area contributed by atoms with Crippen LogP contribution in [0.2, 0.25) is 0 Å². The number of piperazine rings is 1. The molecule has 0 bridgehead atoms. The summed E-state index contributed by atoms with van der Waals surface area (Å²) in [5, 5.41) is 13.0. The summed E-state index contributed by atoms with van der Waals surface area (Å²) in [7, 11) is 0. The Labute approximate surface area is 110 Å². The predicted octanol–water partition coefficient (Wildman–Crippen LogP) is 1.86. The first-order chi connectivity index (χ1) is 8.66. The van der Waals surface area contributed by atoms with Gasteiger partial charge < -0.3 is 10.4 Å². The molecule has 1 saturated heterocycles. The SMILES string of the molecule is CC(C)C(Cc1cccc(O)c1)N1CCNCC1. The van der Waals surface area contributed by atoms with Crippen molar-refractivity contribution < 1.29 is 5.11 Å². The van der Waals surface area contributed by atoms with Crippen molar-refractivity contribution in [3.8, 4) is 5.75 Å². The second-order valence-corrected chi connectivity index (χ2v) is 5.47. The third-order valence-corrected chi connectivity index (χ3v) is 3.75. The van der Waals surface area contributed by atoms with E-state index in [1.165, 1.54) is 5.56 Å². The Bertz CT molecular complexity index is 373. The number of nitrogens with zero attached hydrogens (tertiary/aromatic N) is 1. The number of nitrogens with one attached hydrogen (secondary N) is 1. The zero-order chi connectivity index (χ0) is 13.0. The number of hydrogen-bond donors (Lipinski definition) is 2. The van der Waals surface area contributed by atoms with Crippen LogP contribution in [0.5, 0.6) is 5.75 Å². The molecule has 2 rings (SSSR count). The molecule has 1 aromatic rings. The average molecular weight is 248 g/mol. The number of rotatable bonds is 4. The number of benzene rings is 1. The van der Waals surface area contributed by atoms with Crippen molar-refractivity contribution in [1.29, 1.82) is 0 Å². The maximum absolute atomic E-state index is 9.55. The summed E-state index contributed by atoms with van der Waals surface area (Å²) in [5.74, 6) is 1.00. The summed E-state index contributed by atoms with van der Waals surface area (Å²) >= 11 is 0. The van der Waals surface area contributed by atoms with Crippen LogP contribution < -0.4 is 5.32 Å². The molecule has 0 saturated carbocycles. The number of phenolic OH excluding ortho intramolecular Hbond substituents is 1. The van der Waals surface area contributed by atoms with Crippen LogP contribution in [0.15, 0.2) is 24.3 Å². The second-order valence-electron chi connectivity index (χ2n) is 5.47. The molecular weight excluding hydrogens is 224 g/mol. The van der Waals surface area contributed by atoms with Crippen LogP contribution in [0.1, 0.15) is 19.4 Å². The van der Waals surface area contributed by atoms with E-state index in [9.17, 15) is 5.11 Å². The zero-order valence-corrected chi connectivity index (χ0v) is 11.4. The first-order valence-corrected chi connectivity index (χ1v) is 6.89. The van der Waals surface area contributed by atoms with Crippen molar-refractivity contribution in [1.82, 2.24) is 10.2 Å². The standard InChI is InChI=1S/C15H24N2O/c1-12(2)15(17-8-6-16-7-9-17)11-13-4-3-5-14(18)10-13/h3-5,10,12,15-16,18H,6-9,11H2,1-2H3. The highest BCUT2D eigenvalue weighted by atomic mass is 16.3. The first kappa shape index (κ1) is 13.4. The first-order valence-electron chi connectivity index (χ1n) is 6.89.